The van der Waals surface area contributed by atoms with Gasteiger partial charge < -0.3 is 4.57 Å². The molecule has 0 radical (unpaired) electrons. The second-order valence-electron chi connectivity index (χ2n) is 5.27. The van der Waals surface area contributed by atoms with E-state index in [0.717, 1.165) is 11.0 Å². The fraction of sp³-hybridized carbons (Fsp3) is 0.750. The van der Waals surface area contributed by atoms with Gasteiger partial charge in [-0.15, -0.1) is 10.2 Å². The summed E-state index contributed by atoms with van der Waals surface area (Å²) in [7, 11) is -0.958. The molecule has 0 spiro atoms. The lowest BCUT2D eigenvalue weighted by Gasteiger charge is -2.07. The minimum Gasteiger partial charge on any atom is -0.309 e. The lowest BCUT2D eigenvalue weighted by Crippen LogP contribution is -2.11. The van der Waals surface area contributed by atoms with Crippen molar-refractivity contribution in [2.75, 3.05) is 17.3 Å². The van der Waals surface area contributed by atoms with E-state index in [4.69, 9.17) is 5.26 Å². The summed E-state index contributed by atoms with van der Waals surface area (Å²) in [4.78, 5) is 0. The van der Waals surface area contributed by atoms with Crippen LogP contribution >= 0.6 is 11.8 Å². The molecule has 2 heterocycles. The molecule has 0 unspecified atom stereocenters. The number of rotatable bonds is 5. The van der Waals surface area contributed by atoms with Crippen molar-refractivity contribution >= 4 is 21.6 Å². The lowest BCUT2D eigenvalue weighted by molar-refractivity contribution is 0.552. The minimum absolute atomic E-state index is 0.0277. The number of sulfone groups is 1. The molecule has 1 fully saturated rings. The molecule has 1 aliphatic rings. The van der Waals surface area contributed by atoms with Crippen molar-refractivity contribution in [2.45, 2.75) is 24.9 Å². The number of hydrogen-bond acceptors (Lipinski definition) is 6. The molecule has 110 valence electrons. The molecule has 0 N–H and O–H groups in total. The summed E-state index contributed by atoms with van der Waals surface area (Å²) >= 11 is 1.51. The highest BCUT2D eigenvalue weighted by Crippen LogP contribution is 2.24. The van der Waals surface area contributed by atoms with Gasteiger partial charge in [0.2, 0.25) is 0 Å². The van der Waals surface area contributed by atoms with E-state index in [2.05, 4.69) is 16.3 Å². The zero-order chi connectivity index (χ0) is 14.8. The van der Waals surface area contributed by atoms with Crippen molar-refractivity contribution in [1.29, 1.82) is 5.26 Å². The molecular weight excluding hydrogens is 296 g/mol. The maximum absolute atomic E-state index is 11.5. The average Bonchev–Trinajstić information content (AvgIpc) is 2.91. The van der Waals surface area contributed by atoms with Crippen LogP contribution in [-0.2, 0) is 23.3 Å². The Morgan fingerprint density at radius 1 is 1.55 bits per heavy atom. The summed E-state index contributed by atoms with van der Waals surface area (Å²) in [5.41, 5.74) is 0. The van der Waals surface area contributed by atoms with E-state index in [-0.39, 0.29) is 23.3 Å². The fourth-order valence-electron chi connectivity index (χ4n) is 2.18. The summed E-state index contributed by atoms with van der Waals surface area (Å²) in [6, 6.07) is 2.18. The summed E-state index contributed by atoms with van der Waals surface area (Å²) in [5.74, 6) is 2.17. The summed E-state index contributed by atoms with van der Waals surface area (Å²) in [5, 5.41) is 17.8. The van der Waals surface area contributed by atoms with Gasteiger partial charge in [-0.05, 0) is 19.3 Å². The van der Waals surface area contributed by atoms with Gasteiger partial charge in [0.05, 0.1) is 23.5 Å². The van der Waals surface area contributed by atoms with Crippen molar-refractivity contribution in [3.8, 4) is 6.07 Å². The van der Waals surface area contributed by atoms with Crippen molar-refractivity contribution in [2.24, 2.45) is 18.9 Å². The molecule has 1 aromatic heterocycles. The van der Waals surface area contributed by atoms with Crippen LogP contribution in [0.4, 0.5) is 0 Å². The molecule has 0 aromatic carbocycles. The molecule has 0 aliphatic carbocycles. The summed E-state index contributed by atoms with van der Waals surface area (Å²) in [6.07, 6.45) is 1.36. The summed E-state index contributed by atoms with van der Waals surface area (Å²) < 4.78 is 24.8. The van der Waals surface area contributed by atoms with Crippen LogP contribution in [0.5, 0.6) is 0 Å². The Labute approximate surface area is 123 Å². The average molecular weight is 314 g/mol. The predicted octanol–water partition coefficient (Wildman–Crippen LogP) is 1.04. The maximum atomic E-state index is 11.5. The molecule has 1 aromatic rings. The number of thioether (sulfide) groups is 1. The van der Waals surface area contributed by atoms with E-state index in [0.29, 0.717) is 18.6 Å². The highest BCUT2D eigenvalue weighted by molar-refractivity contribution is 7.99. The molecule has 20 heavy (non-hydrogen) atoms. The Hall–Kier alpha value is -1.07. The van der Waals surface area contributed by atoms with Gasteiger partial charge in [0.25, 0.3) is 0 Å². The monoisotopic (exact) mass is 314 g/mol. The SMILES string of the molecule is C[C@H](C#N)CSc1nnc(C[C@@H]2CCS(=O)(=O)C2)n1C. The number of nitrogens with zero attached hydrogens (tertiary/aromatic N) is 4. The minimum atomic E-state index is -2.85. The van der Waals surface area contributed by atoms with Gasteiger partial charge in [0.1, 0.15) is 5.82 Å². The van der Waals surface area contributed by atoms with Crippen molar-refractivity contribution < 1.29 is 8.42 Å². The molecule has 0 amide bonds. The van der Waals surface area contributed by atoms with Crippen LogP contribution in [0.2, 0.25) is 0 Å². The van der Waals surface area contributed by atoms with Gasteiger partial charge in [0.15, 0.2) is 15.0 Å². The molecule has 2 atom stereocenters. The van der Waals surface area contributed by atoms with Gasteiger partial charge >= 0.3 is 0 Å². The van der Waals surface area contributed by atoms with E-state index in [9.17, 15) is 8.42 Å². The maximum Gasteiger partial charge on any atom is 0.190 e. The van der Waals surface area contributed by atoms with Crippen molar-refractivity contribution in [3.63, 3.8) is 0 Å². The first kappa shape index (κ1) is 15.3. The van der Waals surface area contributed by atoms with Gasteiger partial charge in [0, 0.05) is 19.2 Å². The fourth-order valence-corrected chi connectivity index (χ4v) is 4.91. The highest BCUT2D eigenvalue weighted by Gasteiger charge is 2.29. The standard InChI is InChI=1S/C12H18N4O2S2/c1-9(6-13)7-19-12-15-14-11(16(12)2)5-10-3-4-20(17,18)8-10/h9-10H,3-5,7-8H2,1-2H3/t9-,10+/m1/s1. The van der Waals surface area contributed by atoms with E-state index in [1.807, 2.05) is 18.5 Å². The third kappa shape index (κ3) is 3.73. The first-order chi connectivity index (χ1) is 9.41. The topological polar surface area (TPSA) is 88.6 Å². The molecular formula is C12H18N4O2S2. The van der Waals surface area contributed by atoms with Crippen LogP contribution in [0.15, 0.2) is 5.16 Å². The Kier molecular flexibility index (Phi) is 4.70. The first-order valence-corrected chi connectivity index (χ1v) is 9.33. The molecule has 2 rings (SSSR count). The van der Waals surface area contributed by atoms with E-state index < -0.39 is 9.84 Å². The van der Waals surface area contributed by atoms with E-state index in [1.165, 1.54) is 11.8 Å². The zero-order valence-corrected chi connectivity index (χ0v) is 13.2. The molecule has 6 nitrogen and oxygen atoms in total. The van der Waals surface area contributed by atoms with Gasteiger partial charge in [-0.2, -0.15) is 5.26 Å². The molecule has 0 bridgehead atoms. The predicted molar refractivity (Wildman–Crippen MR) is 77.0 cm³/mol. The van der Waals surface area contributed by atoms with Crippen LogP contribution in [-0.4, -0.2) is 40.4 Å². The van der Waals surface area contributed by atoms with Crippen molar-refractivity contribution in [3.05, 3.63) is 5.82 Å². The third-order valence-corrected chi connectivity index (χ3v) is 6.52. The largest absolute Gasteiger partial charge is 0.309 e. The van der Waals surface area contributed by atoms with Crippen LogP contribution in [0, 0.1) is 23.2 Å². The van der Waals surface area contributed by atoms with E-state index >= 15 is 0 Å². The van der Waals surface area contributed by atoms with Gasteiger partial charge in [-0.25, -0.2) is 8.42 Å². The van der Waals surface area contributed by atoms with Crippen LogP contribution in [0.25, 0.3) is 0 Å². The molecule has 1 aliphatic heterocycles. The van der Waals surface area contributed by atoms with Crippen LogP contribution < -0.4 is 0 Å². The Balaban J connectivity index is 1.97. The second-order valence-corrected chi connectivity index (χ2v) is 8.49. The smallest absolute Gasteiger partial charge is 0.190 e. The van der Waals surface area contributed by atoms with E-state index in [1.54, 1.807) is 0 Å². The Bertz CT molecular complexity index is 618. The quantitative estimate of drug-likeness (QED) is 0.755. The number of aromatic nitrogens is 3. The first-order valence-electron chi connectivity index (χ1n) is 6.52. The van der Waals surface area contributed by atoms with Crippen LogP contribution in [0.3, 0.4) is 0 Å². The Morgan fingerprint density at radius 3 is 2.90 bits per heavy atom. The highest BCUT2D eigenvalue weighted by atomic mass is 32.2. The zero-order valence-electron chi connectivity index (χ0n) is 11.6. The van der Waals surface area contributed by atoms with Gasteiger partial charge in [-0.1, -0.05) is 11.8 Å². The molecule has 8 heteroatoms. The number of nitriles is 1. The normalized spacial score (nSPS) is 22.6. The third-order valence-electron chi connectivity index (χ3n) is 3.41. The summed E-state index contributed by atoms with van der Waals surface area (Å²) in [6.45, 7) is 1.87. The van der Waals surface area contributed by atoms with Gasteiger partial charge in [-0.3, -0.25) is 0 Å². The molecule has 1 saturated heterocycles. The Morgan fingerprint density at radius 2 is 2.30 bits per heavy atom. The lowest BCUT2D eigenvalue weighted by atomic mass is 10.1. The van der Waals surface area contributed by atoms with Crippen LogP contribution in [0.1, 0.15) is 19.2 Å². The number of hydrogen-bond donors (Lipinski definition) is 0. The second kappa shape index (κ2) is 6.14. The van der Waals surface area contributed by atoms with Crippen molar-refractivity contribution in [1.82, 2.24) is 14.8 Å². The molecule has 0 saturated carbocycles.